The average Bonchev–Trinajstić information content (AvgIpc) is 2.95. The quantitative estimate of drug-likeness (QED) is 0.477. The van der Waals surface area contributed by atoms with Crippen LogP contribution in [0, 0.1) is 19.7 Å². The number of carboxylic acids is 1. The highest BCUT2D eigenvalue weighted by Crippen LogP contribution is 2.26. The van der Waals surface area contributed by atoms with Crippen molar-refractivity contribution in [2.45, 2.75) is 39.4 Å². The number of amides is 3. The molecule has 32 heavy (non-hydrogen) atoms. The van der Waals surface area contributed by atoms with Crippen molar-refractivity contribution in [3.8, 4) is 0 Å². The monoisotopic (exact) mass is 458 g/mol. The first-order valence-corrected chi connectivity index (χ1v) is 9.01. The van der Waals surface area contributed by atoms with Crippen molar-refractivity contribution < 1.29 is 37.1 Å². The SMILES string of the molecule is Cc1c(Cc2ccc(F)c(N3C(=O)NC(C)C3=O)c2)n[nH]c(=O)c1C.O=C(O)C(F)(F)F. The molecular formula is C19H18F4N4O5. The van der Waals surface area contributed by atoms with Gasteiger partial charge in [-0.25, -0.2) is 24.0 Å². The molecule has 0 saturated carbocycles. The summed E-state index contributed by atoms with van der Waals surface area (Å²) in [5, 5.41) is 16.0. The number of aromatic nitrogens is 2. The Morgan fingerprint density at radius 2 is 1.78 bits per heavy atom. The number of halogens is 4. The number of H-pyrrole nitrogens is 1. The van der Waals surface area contributed by atoms with Crippen LogP contribution in [0.5, 0.6) is 0 Å². The van der Waals surface area contributed by atoms with Gasteiger partial charge in [0.05, 0.1) is 11.4 Å². The van der Waals surface area contributed by atoms with E-state index < -0.39 is 35.9 Å². The predicted molar refractivity (Wildman–Crippen MR) is 103 cm³/mol. The summed E-state index contributed by atoms with van der Waals surface area (Å²) in [7, 11) is 0. The number of imide groups is 1. The second-order valence-corrected chi connectivity index (χ2v) is 6.86. The Hall–Kier alpha value is -3.77. The van der Waals surface area contributed by atoms with Crippen molar-refractivity contribution in [3.05, 3.63) is 56.8 Å². The number of benzene rings is 1. The van der Waals surface area contributed by atoms with E-state index in [1.165, 1.54) is 12.1 Å². The summed E-state index contributed by atoms with van der Waals surface area (Å²) in [6, 6.07) is 2.88. The van der Waals surface area contributed by atoms with Gasteiger partial charge in [0.25, 0.3) is 11.5 Å². The first-order valence-electron chi connectivity index (χ1n) is 9.01. The van der Waals surface area contributed by atoms with Crippen molar-refractivity contribution in [2.75, 3.05) is 4.90 Å². The zero-order valence-corrected chi connectivity index (χ0v) is 17.0. The van der Waals surface area contributed by atoms with Crippen LogP contribution in [0.3, 0.4) is 0 Å². The van der Waals surface area contributed by atoms with Gasteiger partial charge in [0.1, 0.15) is 11.9 Å². The van der Waals surface area contributed by atoms with Crippen LogP contribution >= 0.6 is 0 Å². The van der Waals surface area contributed by atoms with Crippen LogP contribution < -0.4 is 15.8 Å². The standard InChI is InChI=1S/C17H17FN4O3.C2HF3O2/c1-8-9(2)15(23)21-20-13(8)6-11-4-5-12(18)14(7-11)22-16(24)10(3)19-17(22)25;3-2(4,5)1(6)7/h4-5,7,10H,6H2,1-3H3,(H,19,25)(H,21,23);(H,6,7). The van der Waals surface area contributed by atoms with E-state index in [1.54, 1.807) is 26.8 Å². The molecule has 0 radical (unpaired) electrons. The molecule has 2 heterocycles. The van der Waals surface area contributed by atoms with Crippen molar-refractivity contribution in [1.82, 2.24) is 15.5 Å². The van der Waals surface area contributed by atoms with E-state index >= 15 is 0 Å². The highest BCUT2D eigenvalue weighted by molar-refractivity contribution is 6.21. The third-order valence-corrected chi connectivity index (χ3v) is 4.63. The number of hydrogen-bond donors (Lipinski definition) is 3. The largest absolute Gasteiger partial charge is 0.490 e. The number of nitrogens with zero attached hydrogens (tertiary/aromatic N) is 2. The fraction of sp³-hybridized carbons (Fsp3) is 0.316. The van der Waals surface area contributed by atoms with E-state index in [-0.39, 0.29) is 11.2 Å². The summed E-state index contributed by atoms with van der Waals surface area (Å²) in [5.41, 5.74) is 2.27. The van der Waals surface area contributed by atoms with Crippen LogP contribution in [0.2, 0.25) is 0 Å². The second kappa shape index (κ2) is 9.16. The normalized spacial score (nSPS) is 15.8. The molecule has 0 bridgehead atoms. The van der Waals surface area contributed by atoms with Gasteiger partial charge in [-0.1, -0.05) is 6.07 Å². The van der Waals surface area contributed by atoms with Gasteiger partial charge < -0.3 is 10.4 Å². The van der Waals surface area contributed by atoms with E-state index in [1.807, 2.05) is 0 Å². The van der Waals surface area contributed by atoms with Crippen molar-refractivity contribution in [2.24, 2.45) is 0 Å². The van der Waals surface area contributed by atoms with Gasteiger partial charge in [-0.2, -0.15) is 18.3 Å². The van der Waals surface area contributed by atoms with Crippen LogP contribution in [-0.2, 0) is 16.0 Å². The summed E-state index contributed by atoms with van der Waals surface area (Å²) in [5.74, 6) is -3.92. The molecule has 1 atom stereocenters. The maximum absolute atomic E-state index is 14.2. The van der Waals surface area contributed by atoms with E-state index in [9.17, 15) is 31.9 Å². The summed E-state index contributed by atoms with van der Waals surface area (Å²) in [6.07, 6.45) is -4.75. The van der Waals surface area contributed by atoms with Crippen molar-refractivity contribution in [1.29, 1.82) is 0 Å². The number of carbonyl (C=O) groups is 3. The minimum atomic E-state index is -5.08. The molecule has 1 aromatic carbocycles. The lowest BCUT2D eigenvalue weighted by Gasteiger charge is -2.15. The number of hydrogen-bond acceptors (Lipinski definition) is 5. The molecule has 9 nitrogen and oxygen atoms in total. The number of nitrogens with one attached hydrogen (secondary N) is 2. The van der Waals surface area contributed by atoms with Crippen LogP contribution in [0.4, 0.5) is 28.0 Å². The number of rotatable bonds is 3. The molecule has 1 fully saturated rings. The van der Waals surface area contributed by atoms with Crippen molar-refractivity contribution >= 4 is 23.6 Å². The molecule has 1 saturated heterocycles. The van der Waals surface area contributed by atoms with E-state index in [0.29, 0.717) is 23.2 Å². The number of aromatic amines is 1. The van der Waals surface area contributed by atoms with E-state index in [4.69, 9.17) is 9.90 Å². The molecule has 1 aromatic heterocycles. The molecule has 3 N–H and O–H groups in total. The predicted octanol–water partition coefficient (Wildman–Crippen LogP) is 2.19. The Kier molecular flexibility index (Phi) is 7.01. The Balaban J connectivity index is 0.000000451. The Morgan fingerprint density at radius 3 is 2.28 bits per heavy atom. The second-order valence-electron chi connectivity index (χ2n) is 6.86. The molecule has 1 unspecified atom stereocenters. The van der Waals surface area contributed by atoms with Gasteiger partial charge in [-0.3, -0.25) is 9.59 Å². The van der Waals surface area contributed by atoms with E-state index in [0.717, 1.165) is 10.5 Å². The zero-order valence-electron chi connectivity index (χ0n) is 17.0. The van der Waals surface area contributed by atoms with Crippen LogP contribution in [-0.4, -0.2) is 45.4 Å². The minimum absolute atomic E-state index is 0.0943. The maximum Gasteiger partial charge on any atom is 0.490 e. The van der Waals surface area contributed by atoms with Crippen LogP contribution in [0.1, 0.15) is 29.3 Å². The van der Waals surface area contributed by atoms with Gasteiger partial charge in [0, 0.05) is 12.0 Å². The molecule has 3 rings (SSSR count). The molecule has 3 amide bonds. The number of urea groups is 1. The number of anilines is 1. The fourth-order valence-electron chi connectivity index (χ4n) is 2.71. The highest BCUT2D eigenvalue weighted by Gasteiger charge is 2.38. The topological polar surface area (TPSA) is 132 Å². The molecule has 0 spiro atoms. The minimum Gasteiger partial charge on any atom is -0.475 e. The lowest BCUT2D eigenvalue weighted by atomic mass is 10.0. The number of aliphatic carboxylic acids is 1. The van der Waals surface area contributed by atoms with Gasteiger partial charge in [0.15, 0.2) is 0 Å². The van der Waals surface area contributed by atoms with Gasteiger partial charge in [0.2, 0.25) is 0 Å². The van der Waals surface area contributed by atoms with Gasteiger partial charge in [-0.15, -0.1) is 0 Å². The van der Waals surface area contributed by atoms with Gasteiger partial charge in [-0.05, 0) is 44.0 Å². The molecule has 1 aliphatic heterocycles. The molecule has 13 heteroatoms. The smallest absolute Gasteiger partial charge is 0.475 e. The van der Waals surface area contributed by atoms with Crippen LogP contribution in [0.15, 0.2) is 23.0 Å². The van der Waals surface area contributed by atoms with Crippen LogP contribution in [0.25, 0.3) is 0 Å². The Labute approximate surface area is 178 Å². The Bertz CT molecular complexity index is 1130. The van der Waals surface area contributed by atoms with Crippen molar-refractivity contribution in [3.63, 3.8) is 0 Å². The van der Waals surface area contributed by atoms with E-state index in [2.05, 4.69) is 15.5 Å². The molecule has 1 aliphatic rings. The fourth-order valence-corrected chi connectivity index (χ4v) is 2.71. The zero-order chi connectivity index (χ0) is 24.4. The summed E-state index contributed by atoms with van der Waals surface area (Å²) in [6.45, 7) is 5.03. The van der Waals surface area contributed by atoms with Gasteiger partial charge >= 0.3 is 18.2 Å². The average molecular weight is 458 g/mol. The highest BCUT2D eigenvalue weighted by atomic mass is 19.4. The number of carboxylic acid groups (broad SMARTS) is 1. The first-order chi connectivity index (χ1) is 14.7. The molecule has 172 valence electrons. The Morgan fingerprint density at radius 1 is 1.19 bits per heavy atom. The third kappa shape index (κ3) is 5.28. The summed E-state index contributed by atoms with van der Waals surface area (Å²) < 4.78 is 45.9. The number of alkyl halides is 3. The first kappa shape index (κ1) is 24.5. The maximum atomic E-state index is 14.2. The third-order valence-electron chi connectivity index (χ3n) is 4.63. The molecule has 2 aromatic rings. The lowest BCUT2D eigenvalue weighted by Crippen LogP contribution is -2.31. The molecule has 0 aliphatic carbocycles. The number of carbonyl (C=O) groups excluding carboxylic acids is 2. The summed E-state index contributed by atoms with van der Waals surface area (Å²) in [4.78, 5) is 45.3. The molecular weight excluding hydrogens is 440 g/mol. The summed E-state index contributed by atoms with van der Waals surface area (Å²) >= 11 is 0. The lowest BCUT2D eigenvalue weighted by molar-refractivity contribution is -0.192.